The second-order valence-electron chi connectivity index (χ2n) is 4.04. The molecule has 84 valence electrons. The van der Waals surface area contributed by atoms with E-state index in [1.165, 1.54) is 0 Å². The Morgan fingerprint density at radius 2 is 2.07 bits per heavy atom. The van der Waals surface area contributed by atoms with Crippen LogP contribution in [0.5, 0.6) is 0 Å². The van der Waals surface area contributed by atoms with Crippen molar-refractivity contribution in [1.29, 1.82) is 0 Å². The van der Waals surface area contributed by atoms with Crippen molar-refractivity contribution in [1.82, 2.24) is 10.2 Å². The van der Waals surface area contributed by atoms with Gasteiger partial charge < -0.3 is 11.1 Å². The molecule has 0 aliphatic carbocycles. The molecule has 0 saturated carbocycles. The highest BCUT2D eigenvalue weighted by Crippen LogP contribution is 2.12. The van der Waals surface area contributed by atoms with Crippen molar-refractivity contribution in [2.24, 2.45) is 5.73 Å². The molecule has 15 heavy (non-hydrogen) atoms. The third-order valence-electron chi connectivity index (χ3n) is 2.82. The molecular formula is C11H20N4. The normalized spacial score (nSPS) is 11.5. The summed E-state index contributed by atoms with van der Waals surface area (Å²) in [6, 6.07) is 1.97. The molecule has 1 rings (SSSR count). The van der Waals surface area contributed by atoms with Gasteiger partial charge >= 0.3 is 0 Å². The van der Waals surface area contributed by atoms with Gasteiger partial charge in [-0.15, -0.1) is 5.10 Å². The SMILES string of the molecule is CCC(N)(CC)CNc1cc(C)cnn1. The molecule has 1 heterocycles. The van der Waals surface area contributed by atoms with Gasteiger partial charge in [0.1, 0.15) is 5.82 Å². The molecule has 0 aliphatic heterocycles. The van der Waals surface area contributed by atoms with Gasteiger partial charge in [0.15, 0.2) is 0 Å². The monoisotopic (exact) mass is 208 g/mol. The Hall–Kier alpha value is -1.16. The fourth-order valence-corrected chi connectivity index (χ4v) is 1.32. The summed E-state index contributed by atoms with van der Waals surface area (Å²) in [7, 11) is 0. The van der Waals surface area contributed by atoms with Crippen LogP contribution in [0.25, 0.3) is 0 Å². The van der Waals surface area contributed by atoms with Crippen LogP contribution < -0.4 is 11.1 Å². The van der Waals surface area contributed by atoms with E-state index >= 15 is 0 Å². The number of nitrogens with one attached hydrogen (secondary N) is 1. The minimum absolute atomic E-state index is 0.147. The first kappa shape index (κ1) is 11.9. The topological polar surface area (TPSA) is 63.8 Å². The van der Waals surface area contributed by atoms with Crippen LogP contribution in [0, 0.1) is 6.92 Å². The molecule has 0 radical (unpaired) electrons. The van der Waals surface area contributed by atoms with Gasteiger partial charge in [0.25, 0.3) is 0 Å². The molecule has 0 amide bonds. The van der Waals surface area contributed by atoms with Gasteiger partial charge in [-0.3, -0.25) is 0 Å². The Kier molecular flexibility index (Phi) is 4.03. The summed E-state index contributed by atoms with van der Waals surface area (Å²) in [5.74, 6) is 0.798. The number of nitrogens with zero attached hydrogens (tertiary/aromatic N) is 2. The molecule has 0 aromatic carbocycles. The van der Waals surface area contributed by atoms with Crippen LogP contribution in [0.15, 0.2) is 12.3 Å². The lowest BCUT2D eigenvalue weighted by molar-refractivity contribution is 0.417. The highest BCUT2D eigenvalue weighted by atomic mass is 15.2. The van der Waals surface area contributed by atoms with Crippen LogP contribution in [0.4, 0.5) is 5.82 Å². The van der Waals surface area contributed by atoms with Gasteiger partial charge in [0, 0.05) is 12.1 Å². The van der Waals surface area contributed by atoms with Crippen LogP contribution >= 0.6 is 0 Å². The van der Waals surface area contributed by atoms with E-state index in [1.807, 2.05) is 13.0 Å². The van der Waals surface area contributed by atoms with E-state index in [2.05, 4.69) is 29.4 Å². The Morgan fingerprint density at radius 1 is 1.40 bits per heavy atom. The smallest absolute Gasteiger partial charge is 0.148 e. The fraction of sp³-hybridized carbons (Fsp3) is 0.636. The third kappa shape index (κ3) is 3.47. The number of aromatic nitrogens is 2. The lowest BCUT2D eigenvalue weighted by atomic mass is 9.94. The Labute approximate surface area is 91.3 Å². The van der Waals surface area contributed by atoms with Crippen molar-refractivity contribution in [2.75, 3.05) is 11.9 Å². The number of aryl methyl sites for hydroxylation is 1. The quantitative estimate of drug-likeness (QED) is 0.773. The Morgan fingerprint density at radius 3 is 2.60 bits per heavy atom. The molecule has 1 aromatic rings. The van der Waals surface area contributed by atoms with Crippen molar-refractivity contribution in [2.45, 2.75) is 39.2 Å². The van der Waals surface area contributed by atoms with Crippen molar-refractivity contribution >= 4 is 5.82 Å². The highest BCUT2D eigenvalue weighted by Gasteiger charge is 2.19. The number of hydrogen-bond acceptors (Lipinski definition) is 4. The van der Waals surface area contributed by atoms with Gasteiger partial charge in [0.05, 0.1) is 6.20 Å². The summed E-state index contributed by atoms with van der Waals surface area (Å²) in [6.07, 6.45) is 3.64. The van der Waals surface area contributed by atoms with Crippen LogP contribution in [0.2, 0.25) is 0 Å². The molecule has 1 aromatic heterocycles. The second-order valence-corrected chi connectivity index (χ2v) is 4.04. The molecule has 0 bridgehead atoms. The molecule has 4 heteroatoms. The van der Waals surface area contributed by atoms with Crippen LogP contribution in [-0.4, -0.2) is 22.3 Å². The largest absolute Gasteiger partial charge is 0.367 e. The standard InChI is InChI=1S/C11H20N4/c1-4-11(12,5-2)8-13-10-6-9(3)7-14-15-10/h6-7H,4-5,8,12H2,1-3H3,(H,13,15). The molecule has 4 nitrogen and oxygen atoms in total. The lowest BCUT2D eigenvalue weighted by Crippen LogP contribution is -2.45. The van der Waals surface area contributed by atoms with E-state index in [1.54, 1.807) is 6.20 Å². The fourth-order valence-electron chi connectivity index (χ4n) is 1.32. The van der Waals surface area contributed by atoms with E-state index in [0.29, 0.717) is 0 Å². The number of hydrogen-bond donors (Lipinski definition) is 2. The predicted octanol–water partition coefficient (Wildman–Crippen LogP) is 1.71. The number of nitrogens with two attached hydrogens (primary N) is 1. The van der Waals surface area contributed by atoms with Crippen molar-refractivity contribution < 1.29 is 0 Å². The molecule has 0 atom stereocenters. The van der Waals surface area contributed by atoms with Gasteiger partial charge in [-0.05, 0) is 31.4 Å². The summed E-state index contributed by atoms with van der Waals surface area (Å²) < 4.78 is 0. The first-order valence-electron chi connectivity index (χ1n) is 5.41. The predicted molar refractivity (Wildman–Crippen MR) is 62.8 cm³/mol. The van der Waals surface area contributed by atoms with Crippen molar-refractivity contribution in [3.05, 3.63) is 17.8 Å². The minimum atomic E-state index is -0.147. The minimum Gasteiger partial charge on any atom is -0.367 e. The first-order valence-corrected chi connectivity index (χ1v) is 5.41. The van der Waals surface area contributed by atoms with Crippen LogP contribution in [-0.2, 0) is 0 Å². The van der Waals surface area contributed by atoms with Gasteiger partial charge in [-0.25, -0.2) is 0 Å². The number of rotatable bonds is 5. The number of anilines is 1. The summed E-state index contributed by atoms with van der Waals surface area (Å²) in [4.78, 5) is 0. The van der Waals surface area contributed by atoms with Gasteiger partial charge in [-0.1, -0.05) is 13.8 Å². The zero-order chi connectivity index (χ0) is 11.3. The van der Waals surface area contributed by atoms with E-state index < -0.39 is 0 Å². The molecule has 0 fully saturated rings. The molecule has 0 saturated heterocycles. The second kappa shape index (κ2) is 5.07. The molecule has 3 N–H and O–H groups in total. The third-order valence-corrected chi connectivity index (χ3v) is 2.82. The maximum atomic E-state index is 6.17. The summed E-state index contributed by atoms with van der Waals surface area (Å²) in [5, 5.41) is 11.1. The zero-order valence-electron chi connectivity index (χ0n) is 9.75. The zero-order valence-corrected chi connectivity index (χ0v) is 9.75. The summed E-state index contributed by atoms with van der Waals surface area (Å²) in [6.45, 7) is 6.94. The maximum Gasteiger partial charge on any atom is 0.148 e. The van der Waals surface area contributed by atoms with Crippen molar-refractivity contribution in [3.8, 4) is 0 Å². The van der Waals surface area contributed by atoms with E-state index in [4.69, 9.17) is 5.73 Å². The first-order chi connectivity index (χ1) is 7.09. The Balaban J connectivity index is 2.56. The van der Waals surface area contributed by atoms with E-state index in [-0.39, 0.29) is 5.54 Å². The van der Waals surface area contributed by atoms with E-state index in [0.717, 1.165) is 30.8 Å². The average Bonchev–Trinajstić information content (AvgIpc) is 2.26. The lowest BCUT2D eigenvalue weighted by Gasteiger charge is -2.26. The molecule has 0 aliphatic rings. The average molecular weight is 208 g/mol. The van der Waals surface area contributed by atoms with Crippen LogP contribution in [0.3, 0.4) is 0 Å². The molecule has 0 spiro atoms. The Bertz CT molecular complexity index is 307. The maximum absolute atomic E-state index is 6.17. The van der Waals surface area contributed by atoms with Gasteiger partial charge in [-0.2, -0.15) is 5.10 Å². The molecular weight excluding hydrogens is 188 g/mol. The molecule has 0 unspecified atom stereocenters. The van der Waals surface area contributed by atoms with Gasteiger partial charge in [0.2, 0.25) is 0 Å². The summed E-state index contributed by atoms with van der Waals surface area (Å²) >= 11 is 0. The van der Waals surface area contributed by atoms with E-state index in [9.17, 15) is 0 Å². The highest BCUT2D eigenvalue weighted by molar-refractivity contribution is 5.35. The van der Waals surface area contributed by atoms with Crippen molar-refractivity contribution in [3.63, 3.8) is 0 Å². The summed E-state index contributed by atoms with van der Waals surface area (Å²) in [5.41, 5.74) is 7.12. The van der Waals surface area contributed by atoms with Crippen LogP contribution in [0.1, 0.15) is 32.3 Å².